The first-order valence-corrected chi connectivity index (χ1v) is 9.86. The van der Waals surface area contributed by atoms with Gasteiger partial charge in [0.25, 0.3) is 0 Å². The third kappa shape index (κ3) is 5.42. The molecule has 0 aliphatic carbocycles. The monoisotopic (exact) mass is 380 g/mol. The van der Waals surface area contributed by atoms with Crippen molar-refractivity contribution < 1.29 is 14.7 Å². The van der Waals surface area contributed by atoms with E-state index in [1.165, 1.54) is 16.7 Å². The minimum atomic E-state index is -0.701. The number of carboxylic acids is 1. The molecule has 1 saturated heterocycles. The molecule has 5 heteroatoms. The van der Waals surface area contributed by atoms with Crippen molar-refractivity contribution in [2.24, 2.45) is 11.1 Å². The molecule has 3 rings (SSSR count). The van der Waals surface area contributed by atoms with Crippen molar-refractivity contribution in [1.82, 2.24) is 4.90 Å². The largest absolute Gasteiger partial charge is 0.481 e. The van der Waals surface area contributed by atoms with Gasteiger partial charge in [-0.25, -0.2) is 0 Å². The number of carboxylic acid groups (broad SMARTS) is 1. The summed E-state index contributed by atoms with van der Waals surface area (Å²) in [7, 11) is 0. The van der Waals surface area contributed by atoms with Crippen LogP contribution in [0.15, 0.2) is 59.8 Å². The van der Waals surface area contributed by atoms with Crippen LogP contribution in [-0.2, 0) is 9.63 Å². The first-order chi connectivity index (χ1) is 13.6. The lowest BCUT2D eigenvalue weighted by molar-refractivity contribution is -0.143. The summed E-state index contributed by atoms with van der Waals surface area (Å²) in [6.45, 7) is 4.78. The number of nitrogens with zero attached hydrogens (tertiary/aromatic N) is 2. The van der Waals surface area contributed by atoms with E-state index in [0.717, 1.165) is 19.4 Å². The van der Waals surface area contributed by atoms with Crippen molar-refractivity contribution in [3.63, 3.8) is 0 Å². The number of hydrogen-bond donors (Lipinski definition) is 1. The van der Waals surface area contributed by atoms with Gasteiger partial charge in [0, 0.05) is 19.0 Å². The van der Waals surface area contributed by atoms with Gasteiger partial charge in [0.15, 0.2) is 0 Å². The van der Waals surface area contributed by atoms with Crippen LogP contribution >= 0.6 is 0 Å². The van der Waals surface area contributed by atoms with Crippen LogP contribution in [0.25, 0.3) is 0 Å². The molecule has 0 amide bonds. The number of benzene rings is 2. The van der Waals surface area contributed by atoms with Gasteiger partial charge in [-0.3, -0.25) is 9.69 Å². The molecule has 0 saturated carbocycles. The lowest BCUT2D eigenvalue weighted by Crippen LogP contribution is -2.40. The van der Waals surface area contributed by atoms with E-state index in [-0.39, 0.29) is 11.8 Å². The summed E-state index contributed by atoms with van der Waals surface area (Å²) in [5.74, 6) is -0.929. The van der Waals surface area contributed by atoms with Crippen LogP contribution < -0.4 is 0 Å². The molecule has 2 aromatic rings. The maximum Gasteiger partial charge on any atom is 0.307 e. The van der Waals surface area contributed by atoms with Gasteiger partial charge in [0.05, 0.1) is 12.1 Å². The third-order valence-corrected chi connectivity index (χ3v) is 5.32. The Morgan fingerprint density at radius 3 is 2.75 bits per heavy atom. The minimum Gasteiger partial charge on any atom is -0.481 e. The average molecular weight is 380 g/mol. The van der Waals surface area contributed by atoms with E-state index in [4.69, 9.17) is 4.84 Å². The minimum absolute atomic E-state index is 0.0359. The van der Waals surface area contributed by atoms with E-state index in [1.807, 2.05) is 36.5 Å². The summed E-state index contributed by atoms with van der Waals surface area (Å²) in [6, 6.07) is 18.6. The number of carbonyl (C=O) groups is 1. The van der Waals surface area contributed by atoms with Crippen molar-refractivity contribution in [2.75, 3.05) is 26.2 Å². The molecule has 148 valence electrons. The van der Waals surface area contributed by atoms with Crippen LogP contribution in [0.4, 0.5) is 0 Å². The van der Waals surface area contributed by atoms with Gasteiger partial charge in [-0.1, -0.05) is 59.8 Å². The van der Waals surface area contributed by atoms with Crippen molar-refractivity contribution >= 4 is 12.2 Å². The second kappa shape index (κ2) is 10.0. The summed E-state index contributed by atoms with van der Waals surface area (Å²) in [5, 5.41) is 13.4. The van der Waals surface area contributed by atoms with Gasteiger partial charge in [-0.15, -0.1) is 0 Å². The highest BCUT2D eigenvalue weighted by Gasteiger charge is 2.25. The van der Waals surface area contributed by atoms with Gasteiger partial charge in [-0.2, -0.15) is 0 Å². The lowest BCUT2D eigenvalue weighted by atomic mass is 9.89. The predicted octanol–water partition coefficient (Wildman–Crippen LogP) is 3.93. The summed E-state index contributed by atoms with van der Waals surface area (Å²) in [4.78, 5) is 18.8. The average Bonchev–Trinajstić information content (AvgIpc) is 2.72. The number of hydrogen-bond acceptors (Lipinski definition) is 4. The topological polar surface area (TPSA) is 62.1 Å². The Hall–Kier alpha value is -2.66. The fraction of sp³-hybridized carbons (Fsp3) is 0.391. The summed E-state index contributed by atoms with van der Waals surface area (Å²) >= 11 is 0. The fourth-order valence-electron chi connectivity index (χ4n) is 3.73. The molecule has 1 unspecified atom stereocenters. The quantitative estimate of drug-likeness (QED) is 0.428. The number of aliphatic carboxylic acids is 1. The van der Waals surface area contributed by atoms with Gasteiger partial charge in [-0.05, 0) is 43.0 Å². The van der Waals surface area contributed by atoms with Crippen molar-refractivity contribution in [1.29, 1.82) is 0 Å². The molecular formula is C23H28N2O3. The van der Waals surface area contributed by atoms with Gasteiger partial charge < -0.3 is 9.94 Å². The highest BCUT2D eigenvalue weighted by atomic mass is 16.6. The maximum absolute atomic E-state index is 11.2. The standard InChI is InChI=1S/C23H28N2O3/c1-18-8-5-6-12-21(18)22(19-9-3-2-4-10-19)16-24-28-15-14-25-13-7-11-20(17-25)23(26)27/h2-6,8-10,12,16,20,22H,7,11,13-15,17H2,1H3,(H,26,27)/b24-16-/t20?,22-/m1/s1. The second-order valence-corrected chi connectivity index (χ2v) is 7.31. The zero-order valence-electron chi connectivity index (χ0n) is 16.3. The molecule has 0 radical (unpaired) electrons. The Morgan fingerprint density at radius 2 is 2.00 bits per heavy atom. The number of aryl methyl sites for hydroxylation is 1. The van der Waals surface area contributed by atoms with Crippen LogP contribution in [0.1, 0.15) is 35.4 Å². The van der Waals surface area contributed by atoms with Crippen LogP contribution in [0, 0.1) is 12.8 Å². The summed E-state index contributed by atoms with van der Waals surface area (Å²) in [5.41, 5.74) is 3.60. The molecule has 2 atom stereocenters. The first kappa shape index (κ1) is 20.1. The highest BCUT2D eigenvalue weighted by molar-refractivity contribution is 5.73. The van der Waals surface area contributed by atoms with E-state index in [1.54, 1.807) is 0 Å². The van der Waals surface area contributed by atoms with Crippen LogP contribution in [0.5, 0.6) is 0 Å². The van der Waals surface area contributed by atoms with E-state index in [0.29, 0.717) is 19.7 Å². The van der Waals surface area contributed by atoms with Crippen molar-refractivity contribution in [2.45, 2.75) is 25.7 Å². The Labute approximate surface area is 166 Å². The summed E-state index contributed by atoms with van der Waals surface area (Å²) < 4.78 is 0. The fourth-order valence-corrected chi connectivity index (χ4v) is 3.73. The molecule has 0 aromatic heterocycles. The first-order valence-electron chi connectivity index (χ1n) is 9.86. The third-order valence-electron chi connectivity index (χ3n) is 5.32. The highest BCUT2D eigenvalue weighted by Crippen LogP contribution is 2.25. The van der Waals surface area contributed by atoms with Gasteiger partial charge in [0.1, 0.15) is 6.61 Å². The molecular weight excluding hydrogens is 352 g/mol. The Bertz CT molecular complexity index is 791. The molecule has 0 bridgehead atoms. The number of piperidine rings is 1. The van der Waals surface area contributed by atoms with Gasteiger partial charge in [0.2, 0.25) is 0 Å². The number of oxime groups is 1. The van der Waals surface area contributed by atoms with E-state index >= 15 is 0 Å². The zero-order valence-corrected chi connectivity index (χ0v) is 16.3. The molecule has 0 spiro atoms. The number of likely N-dealkylation sites (tertiary alicyclic amines) is 1. The SMILES string of the molecule is Cc1ccccc1[C@H](/C=N\OCCN1CCCC(C(=O)O)C1)c1ccccc1. The molecule has 1 fully saturated rings. The second-order valence-electron chi connectivity index (χ2n) is 7.31. The van der Waals surface area contributed by atoms with E-state index in [2.05, 4.69) is 41.2 Å². The lowest BCUT2D eigenvalue weighted by Gasteiger charge is -2.29. The molecule has 1 heterocycles. The molecule has 2 aromatic carbocycles. The van der Waals surface area contributed by atoms with Crippen LogP contribution in [0.2, 0.25) is 0 Å². The Balaban J connectivity index is 1.58. The smallest absolute Gasteiger partial charge is 0.307 e. The maximum atomic E-state index is 11.2. The molecule has 28 heavy (non-hydrogen) atoms. The zero-order chi connectivity index (χ0) is 19.8. The Kier molecular flexibility index (Phi) is 7.20. The molecule has 1 aliphatic heterocycles. The van der Waals surface area contributed by atoms with Gasteiger partial charge >= 0.3 is 5.97 Å². The van der Waals surface area contributed by atoms with Crippen LogP contribution in [-0.4, -0.2) is 48.4 Å². The molecule has 1 aliphatic rings. The number of rotatable bonds is 8. The van der Waals surface area contributed by atoms with E-state index < -0.39 is 5.97 Å². The summed E-state index contributed by atoms with van der Waals surface area (Å²) in [6.07, 6.45) is 3.54. The molecule has 5 nitrogen and oxygen atoms in total. The van der Waals surface area contributed by atoms with E-state index in [9.17, 15) is 9.90 Å². The molecule has 1 N–H and O–H groups in total. The van der Waals surface area contributed by atoms with Crippen molar-refractivity contribution in [3.8, 4) is 0 Å². The van der Waals surface area contributed by atoms with Crippen LogP contribution in [0.3, 0.4) is 0 Å². The predicted molar refractivity (Wildman–Crippen MR) is 111 cm³/mol. The Morgan fingerprint density at radius 1 is 1.25 bits per heavy atom. The normalized spacial score (nSPS) is 18.8. The van der Waals surface area contributed by atoms with Crippen molar-refractivity contribution in [3.05, 3.63) is 71.3 Å².